The van der Waals surface area contributed by atoms with Gasteiger partial charge in [-0.05, 0) is 86.9 Å². The molecule has 4 saturated carbocycles. The minimum Gasteiger partial charge on any atom is -0.478 e. The molecule has 0 amide bonds. The minimum atomic E-state index is -0.865. The summed E-state index contributed by atoms with van der Waals surface area (Å²) >= 11 is 0. The molecular formula is C30H46O5. The van der Waals surface area contributed by atoms with E-state index in [1.807, 2.05) is 19.9 Å². The first-order chi connectivity index (χ1) is 16.1. The van der Waals surface area contributed by atoms with Crippen molar-refractivity contribution in [1.82, 2.24) is 0 Å². The maximum absolute atomic E-state index is 14.7. The van der Waals surface area contributed by atoms with E-state index in [0.29, 0.717) is 43.1 Å². The van der Waals surface area contributed by atoms with Crippen molar-refractivity contribution in [3.05, 3.63) is 11.6 Å². The van der Waals surface area contributed by atoms with Crippen LogP contribution in [-0.4, -0.2) is 33.9 Å². The van der Waals surface area contributed by atoms with Gasteiger partial charge in [-0.15, -0.1) is 0 Å². The van der Waals surface area contributed by atoms with Crippen molar-refractivity contribution in [3.8, 4) is 0 Å². The number of carbonyl (C=O) groups excluding carboxylic acids is 2. The molecule has 0 heterocycles. The van der Waals surface area contributed by atoms with Crippen LogP contribution in [-0.2, 0) is 14.4 Å². The van der Waals surface area contributed by atoms with Crippen molar-refractivity contribution in [3.63, 3.8) is 0 Å². The Morgan fingerprint density at radius 1 is 1.06 bits per heavy atom. The highest BCUT2D eigenvalue weighted by molar-refractivity contribution is 5.95. The standard InChI is InChI=1S/C30H46O5/c1-18(9-8-10-19(2)24(33)34)20-11-13-29(7)25(35)30(16-15-27(20,29)5)23(32)17-21-26(3,4)22(31)12-14-28(21,30)6/h10,18,20-21,23,32H,8-9,11-17H2,1-7H3,(H,33,34)/b19-10-/t18?,20-,21?,23-,27-,28-,29+,30-/m0/s1. The summed E-state index contributed by atoms with van der Waals surface area (Å²) < 4.78 is 0. The van der Waals surface area contributed by atoms with Gasteiger partial charge in [0.25, 0.3) is 0 Å². The Labute approximate surface area is 211 Å². The minimum absolute atomic E-state index is 0.0311. The summed E-state index contributed by atoms with van der Waals surface area (Å²) in [5.74, 6) is 0.492. The molecule has 1 spiro atoms. The average Bonchev–Trinajstić information content (AvgIpc) is 3.19. The molecule has 0 bridgehead atoms. The molecule has 4 aliphatic carbocycles. The summed E-state index contributed by atoms with van der Waals surface area (Å²) in [6.07, 6.45) is 8.00. The maximum atomic E-state index is 14.7. The Morgan fingerprint density at radius 2 is 1.71 bits per heavy atom. The van der Waals surface area contributed by atoms with E-state index in [1.54, 1.807) is 6.92 Å². The van der Waals surface area contributed by atoms with E-state index in [2.05, 4.69) is 27.7 Å². The zero-order valence-electron chi connectivity index (χ0n) is 22.9. The van der Waals surface area contributed by atoms with E-state index in [4.69, 9.17) is 5.11 Å². The molecule has 196 valence electrons. The van der Waals surface area contributed by atoms with E-state index in [-0.39, 0.29) is 28.3 Å². The number of rotatable bonds is 5. The molecule has 4 fully saturated rings. The Hall–Kier alpha value is -1.49. The van der Waals surface area contributed by atoms with Crippen LogP contribution >= 0.6 is 0 Å². The van der Waals surface area contributed by atoms with Crippen LogP contribution in [0.4, 0.5) is 0 Å². The lowest BCUT2D eigenvalue weighted by Gasteiger charge is -2.61. The molecule has 0 aromatic rings. The summed E-state index contributed by atoms with van der Waals surface area (Å²) in [7, 11) is 0. The second-order valence-corrected chi connectivity index (χ2v) is 13.8. The van der Waals surface area contributed by atoms with Gasteiger partial charge in [-0.1, -0.05) is 47.6 Å². The smallest absolute Gasteiger partial charge is 0.330 e. The predicted molar refractivity (Wildman–Crippen MR) is 136 cm³/mol. The average molecular weight is 487 g/mol. The molecule has 0 saturated heterocycles. The van der Waals surface area contributed by atoms with Gasteiger partial charge in [0.2, 0.25) is 0 Å². The number of carboxylic acids is 1. The third-order valence-corrected chi connectivity index (χ3v) is 12.4. The van der Waals surface area contributed by atoms with Gasteiger partial charge in [-0.25, -0.2) is 4.79 Å². The normalized spacial score (nSPS) is 45.9. The lowest BCUT2D eigenvalue weighted by Crippen LogP contribution is -2.64. The molecule has 0 aromatic heterocycles. The number of carbonyl (C=O) groups is 3. The van der Waals surface area contributed by atoms with E-state index < -0.39 is 28.3 Å². The quantitative estimate of drug-likeness (QED) is 0.466. The first-order valence-electron chi connectivity index (χ1n) is 13.8. The van der Waals surface area contributed by atoms with Crippen LogP contribution in [0.2, 0.25) is 0 Å². The third kappa shape index (κ3) is 3.32. The molecule has 2 unspecified atom stereocenters. The summed E-state index contributed by atoms with van der Waals surface area (Å²) in [4.78, 5) is 38.7. The van der Waals surface area contributed by atoms with E-state index in [0.717, 1.165) is 32.1 Å². The van der Waals surface area contributed by atoms with E-state index in [1.165, 1.54) is 0 Å². The van der Waals surface area contributed by atoms with Crippen LogP contribution in [0.25, 0.3) is 0 Å². The van der Waals surface area contributed by atoms with Gasteiger partial charge in [-0.3, -0.25) is 9.59 Å². The van der Waals surface area contributed by atoms with Crippen LogP contribution in [0.3, 0.4) is 0 Å². The van der Waals surface area contributed by atoms with Crippen molar-refractivity contribution in [2.75, 3.05) is 0 Å². The number of allylic oxidation sites excluding steroid dienone is 1. The molecule has 2 N–H and O–H groups in total. The lowest BCUT2D eigenvalue weighted by molar-refractivity contribution is -0.182. The van der Waals surface area contributed by atoms with Crippen LogP contribution in [0, 0.1) is 44.8 Å². The van der Waals surface area contributed by atoms with Crippen LogP contribution in [0.15, 0.2) is 11.6 Å². The SMILES string of the molecule is C/C(=C/CCC(C)[C@@H]1CC[C@]2(C)C(=O)[C@]3(CC[C@@]12C)[C@@H](O)CC1C(C)(C)C(=O)CC[C@@]13C)C(=O)O. The van der Waals surface area contributed by atoms with E-state index in [9.17, 15) is 19.5 Å². The number of aliphatic hydroxyl groups excluding tert-OH is 1. The van der Waals surface area contributed by atoms with Gasteiger partial charge in [0.05, 0.1) is 11.5 Å². The fourth-order valence-electron chi connectivity index (χ4n) is 9.74. The zero-order chi connectivity index (χ0) is 26.2. The molecule has 5 heteroatoms. The summed E-state index contributed by atoms with van der Waals surface area (Å²) in [5, 5.41) is 20.8. The molecule has 0 aliphatic heterocycles. The first-order valence-corrected chi connectivity index (χ1v) is 13.8. The highest BCUT2D eigenvalue weighted by Gasteiger charge is 2.76. The number of aliphatic carboxylic acids is 1. The molecule has 8 atom stereocenters. The summed E-state index contributed by atoms with van der Waals surface area (Å²) in [6, 6.07) is 0. The molecular weight excluding hydrogens is 440 g/mol. The Kier molecular flexibility index (Phi) is 6.27. The highest BCUT2D eigenvalue weighted by atomic mass is 16.4. The number of ketones is 2. The largest absolute Gasteiger partial charge is 0.478 e. The fourth-order valence-corrected chi connectivity index (χ4v) is 9.74. The van der Waals surface area contributed by atoms with Crippen LogP contribution in [0.1, 0.15) is 106 Å². The Bertz CT molecular complexity index is 964. The number of carboxylic acid groups (broad SMARTS) is 1. The lowest BCUT2D eigenvalue weighted by atomic mass is 9.41. The number of fused-ring (bicyclic) bond motifs is 3. The van der Waals surface area contributed by atoms with Gasteiger partial charge in [0.1, 0.15) is 11.6 Å². The Morgan fingerprint density at radius 3 is 2.34 bits per heavy atom. The molecule has 4 rings (SSSR count). The van der Waals surface area contributed by atoms with E-state index >= 15 is 0 Å². The molecule has 35 heavy (non-hydrogen) atoms. The van der Waals surface area contributed by atoms with Crippen molar-refractivity contribution in [2.45, 2.75) is 112 Å². The van der Waals surface area contributed by atoms with Crippen molar-refractivity contribution >= 4 is 17.5 Å². The first kappa shape index (κ1) is 26.6. The Balaban J connectivity index is 1.63. The second kappa shape index (κ2) is 8.26. The summed E-state index contributed by atoms with van der Waals surface area (Å²) in [5.41, 5.74) is -1.84. The van der Waals surface area contributed by atoms with Crippen molar-refractivity contribution < 1.29 is 24.6 Å². The third-order valence-electron chi connectivity index (χ3n) is 12.4. The molecule has 0 aromatic carbocycles. The van der Waals surface area contributed by atoms with Gasteiger partial charge >= 0.3 is 5.97 Å². The molecule has 4 aliphatic rings. The van der Waals surface area contributed by atoms with Crippen molar-refractivity contribution in [1.29, 1.82) is 0 Å². The van der Waals surface area contributed by atoms with Crippen LogP contribution < -0.4 is 0 Å². The predicted octanol–water partition coefficient (Wildman–Crippen LogP) is 5.98. The monoisotopic (exact) mass is 486 g/mol. The van der Waals surface area contributed by atoms with Gasteiger partial charge in [-0.2, -0.15) is 0 Å². The topological polar surface area (TPSA) is 91.7 Å². The number of hydrogen-bond acceptors (Lipinski definition) is 4. The molecule has 5 nitrogen and oxygen atoms in total. The van der Waals surface area contributed by atoms with Crippen molar-refractivity contribution in [2.24, 2.45) is 44.8 Å². The number of Topliss-reactive ketones (excluding diaryl/α,β-unsaturated/α-hetero) is 2. The fraction of sp³-hybridized carbons (Fsp3) is 0.833. The molecule has 0 radical (unpaired) electrons. The van der Waals surface area contributed by atoms with Gasteiger partial charge in [0.15, 0.2) is 0 Å². The summed E-state index contributed by atoms with van der Waals surface area (Å²) in [6.45, 7) is 14.6. The second-order valence-electron chi connectivity index (χ2n) is 13.8. The maximum Gasteiger partial charge on any atom is 0.330 e. The van der Waals surface area contributed by atoms with Crippen LogP contribution in [0.5, 0.6) is 0 Å². The van der Waals surface area contributed by atoms with Gasteiger partial charge < -0.3 is 10.2 Å². The number of hydrogen-bond donors (Lipinski definition) is 2. The van der Waals surface area contributed by atoms with Gasteiger partial charge in [0, 0.05) is 22.8 Å². The zero-order valence-corrected chi connectivity index (χ0v) is 22.9. The highest BCUT2D eigenvalue weighted by Crippen LogP contribution is 2.75. The number of aliphatic hydroxyl groups is 1.